The predicted octanol–water partition coefficient (Wildman–Crippen LogP) is 3.18. The Morgan fingerprint density at radius 2 is 2.00 bits per heavy atom. The molecule has 3 rings (SSSR count). The Labute approximate surface area is 132 Å². The van der Waals surface area contributed by atoms with Crippen molar-refractivity contribution in [2.24, 2.45) is 0 Å². The Kier molecular flexibility index (Phi) is 4.25. The number of nitrogens with one attached hydrogen (secondary N) is 1. The second-order valence-electron chi connectivity index (χ2n) is 6.10. The first-order valence-corrected chi connectivity index (χ1v) is 7.76. The summed E-state index contributed by atoms with van der Waals surface area (Å²) in [4.78, 5) is 13.2. The maximum absolute atomic E-state index is 10.8. The smallest absolute Gasteiger partial charge is 0.211 e. The maximum atomic E-state index is 10.8. The van der Waals surface area contributed by atoms with Crippen LogP contribution in [0.1, 0.15) is 28.2 Å². The van der Waals surface area contributed by atoms with Crippen LogP contribution in [-0.2, 0) is 11.2 Å². The van der Waals surface area contributed by atoms with E-state index in [1.54, 1.807) is 0 Å². The van der Waals surface area contributed by atoms with Crippen molar-refractivity contribution in [3.8, 4) is 0 Å². The fourth-order valence-corrected chi connectivity index (χ4v) is 3.33. The van der Waals surface area contributed by atoms with Gasteiger partial charge in [-0.15, -0.1) is 0 Å². The van der Waals surface area contributed by atoms with Crippen molar-refractivity contribution in [2.45, 2.75) is 19.3 Å². The lowest BCUT2D eigenvalue weighted by Gasteiger charge is -2.23. The van der Waals surface area contributed by atoms with Crippen LogP contribution in [0.25, 0.3) is 0 Å². The number of benzene rings is 2. The number of hydrogen-bond acceptors (Lipinski definition) is 2. The lowest BCUT2D eigenvalue weighted by atomic mass is 9.86. The van der Waals surface area contributed by atoms with Crippen LogP contribution >= 0.6 is 0 Å². The van der Waals surface area contributed by atoms with Crippen LogP contribution in [0.4, 0.5) is 5.69 Å². The number of rotatable bonds is 3. The third-order valence-electron chi connectivity index (χ3n) is 4.54. The molecule has 1 amide bonds. The summed E-state index contributed by atoms with van der Waals surface area (Å²) in [6.45, 7) is 4.12. The van der Waals surface area contributed by atoms with Gasteiger partial charge < -0.3 is 10.2 Å². The Hall–Kier alpha value is -2.13. The van der Waals surface area contributed by atoms with Gasteiger partial charge in [-0.1, -0.05) is 36.4 Å². The van der Waals surface area contributed by atoms with Gasteiger partial charge in [0.1, 0.15) is 0 Å². The second kappa shape index (κ2) is 6.32. The normalized spacial score (nSPS) is 18.4. The number of likely N-dealkylation sites (N-methyl/N-ethyl adjacent to an activating group) is 1. The lowest BCUT2D eigenvalue weighted by molar-refractivity contribution is -0.105. The minimum atomic E-state index is 0.344. The van der Waals surface area contributed by atoms with E-state index in [2.05, 4.69) is 66.7 Å². The second-order valence-corrected chi connectivity index (χ2v) is 6.10. The highest BCUT2D eigenvalue weighted by Gasteiger charge is 2.23. The molecule has 1 aliphatic heterocycles. The molecule has 0 unspecified atom stereocenters. The highest BCUT2D eigenvalue weighted by Crippen LogP contribution is 2.34. The number of amides is 1. The summed E-state index contributed by atoms with van der Waals surface area (Å²) in [5.74, 6) is 0.344. The maximum Gasteiger partial charge on any atom is 0.211 e. The summed E-state index contributed by atoms with van der Waals surface area (Å²) in [6.07, 6.45) is 1.81. The summed E-state index contributed by atoms with van der Waals surface area (Å²) in [5.41, 5.74) is 6.11. The highest BCUT2D eigenvalue weighted by atomic mass is 16.1. The third-order valence-corrected chi connectivity index (χ3v) is 4.54. The van der Waals surface area contributed by atoms with E-state index in [0.717, 1.165) is 37.2 Å². The van der Waals surface area contributed by atoms with E-state index >= 15 is 0 Å². The molecule has 3 heteroatoms. The van der Waals surface area contributed by atoms with Crippen molar-refractivity contribution < 1.29 is 4.79 Å². The van der Waals surface area contributed by atoms with Crippen molar-refractivity contribution in [1.82, 2.24) is 4.90 Å². The SMILES string of the molecule is Cc1cc2c(cc1NC=O)[C@@H](c1ccccc1)CN(C)CC2. The van der Waals surface area contributed by atoms with Gasteiger partial charge in [0.2, 0.25) is 6.41 Å². The average Bonchev–Trinajstić information content (AvgIpc) is 2.69. The van der Waals surface area contributed by atoms with E-state index in [4.69, 9.17) is 0 Å². The van der Waals surface area contributed by atoms with Gasteiger partial charge in [0.15, 0.2) is 0 Å². The van der Waals surface area contributed by atoms with Crippen LogP contribution in [0.5, 0.6) is 0 Å². The molecule has 0 saturated heterocycles. The number of anilines is 1. The van der Waals surface area contributed by atoms with E-state index in [1.807, 2.05) is 0 Å². The van der Waals surface area contributed by atoms with Gasteiger partial charge in [-0.3, -0.25) is 4.79 Å². The van der Waals surface area contributed by atoms with E-state index < -0.39 is 0 Å². The first-order chi connectivity index (χ1) is 10.7. The number of aryl methyl sites for hydroxylation is 1. The molecular weight excluding hydrogens is 272 g/mol. The highest BCUT2D eigenvalue weighted by molar-refractivity contribution is 5.74. The van der Waals surface area contributed by atoms with E-state index in [0.29, 0.717) is 5.92 Å². The van der Waals surface area contributed by atoms with Crippen LogP contribution in [0.3, 0.4) is 0 Å². The van der Waals surface area contributed by atoms with Gasteiger partial charge in [-0.2, -0.15) is 0 Å². The lowest BCUT2D eigenvalue weighted by Crippen LogP contribution is -2.24. The van der Waals surface area contributed by atoms with Crippen LogP contribution in [0.15, 0.2) is 42.5 Å². The van der Waals surface area contributed by atoms with Crippen molar-refractivity contribution in [2.75, 3.05) is 25.5 Å². The third kappa shape index (κ3) is 2.90. The Morgan fingerprint density at radius 1 is 1.23 bits per heavy atom. The minimum Gasteiger partial charge on any atom is -0.328 e. The molecule has 0 saturated carbocycles. The quantitative estimate of drug-likeness (QED) is 0.882. The zero-order chi connectivity index (χ0) is 15.5. The van der Waals surface area contributed by atoms with E-state index in [1.165, 1.54) is 16.7 Å². The summed E-state index contributed by atoms with van der Waals surface area (Å²) in [7, 11) is 2.18. The Balaban J connectivity index is 2.11. The van der Waals surface area contributed by atoms with Gasteiger partial charge >= 0.3 is 0 Å². The molecule has 0 aromatic heterocycles. The van der Waals surface area contributed by atoms with Crippen LogP contribution < -0.4 is 5.32 Å². The molecule has 2 aromatic rings. The number of carbonyl (C=O) groups excluding carboxylic acids is 1. The molecule has 22 heavy (non-hydrogen) atoms. The first kappa shape index (κ1) is 14.8. The summed E-state index contributed by atoms with van der Waals surface area (Å²) in [6, 6.07) is 15.0. The molecule has 3 nitrogen and oxygen atoms in total. The van der Waals surface area contributed by atoms with Crippen molar-refractivity contribution in [3.63, 3.8) is 0 Å². The molecule has 1 atom stereocenters. The zero-order valence-electron chi connectivity index (χ0n) is 13.2. The molecule has 0 aliphatic carbocycles. The predicted molar refractivity (Wildman–Crippen MR) is 90.4 cm³/mol. The summed E-state index contributed by atoms with van der Waals surface area (Å²) >= 11 is 0. The molecule has 1 aliphatic rings. The molecule has 0 spiro atoms. The van der Waals surface area contributed by atoms with Crippen molar-refractivity contribution in [1.29, 1.82) is 0 Å². The fraction of sp³-hybridized carbons (Fsp3) is 0.316. The molecule has 114 valence electrons. The van der Waals surface area contributed by atoms with E-state index in [9.17, 15) is 4.79 Å². The summed E-state index contributed by atoms with van der Waals surface area (Å²) in [5, 5.41) is 2.84. The standard InChI is InChI=1S/C19H22N2O/c1-14-10-16-8-9-21(2)12-18(15-6-4-3-5-7-15)17(16)11-19(14)20-13-22/h3-7,10-11,13,18H,8-9,12H2,1-2H3,(H,20,22)/t18-/m1/s1. The molecule has 2 aromatic carbocycles. The summed E-state index contributed by atoms with van der Waals surface area (Å²) < 4.78 is 0. The van der Waals surface area contributed by atoms with Gasteiger partial charge in [0.05, 0.1) is 0 Å². The number of hydrogen-bond donors (Lipinski definition) is 1. The van der Waals surface area contributed by atoms with Gasteiger partial charge in [0.25, 0.3) is 0 Å². The molecule has 1 N–H and O–H groups in total. The first-order valence-electron chi connectivity index (χ1n) is 7.76. The van der Waals surface area contributed by atoms with Gasteiger partial charge in [-0.25, -0.2) is 0 Å². The number of nitrogens with zero attached hydrogens (tertiary/aromatic N) is 1. The van der Waals surface area contributed by atoms with Crippen LogP contribution in [0.2, 0.25) is 0 Å². The van der Waals surface area contributed by atoms with Crippen LogP contribution in [-0.4, -0.2) is 31.4 Å². The van der Waals surface area contributed by atoms with Gasteiger partial charge in [-0.05, 0) is 48.7 Å². The molecule has 0 bridgehead atoms. The van der Waals surface area contributed by atoms with Crippen molar-refractivity contribution >= 4 is 12.1 Å². The average molecular weight is 294 g/mol. The molecule has 0 radical (unpaired) electrons. The van der Waals surface area contributed by atoms with Crippen molar-refractivity contribution in [3.05, 3.63) is 64.7 Å². The molecular formula is C19H22N2O. The van der Waals surface area contributed by atoms with Crippen LogP contribution in [0, 0.1) is 6.92 Å². The van der Waals surface area contributed by atoms with Gasteiger partial charge in [0, 0.05) is 24.7 Å². The largest absolute Gasteiger partial charge is 0.328 e. The number of fused-ring (bicyclic) bond motifs is 1. The molecule has 0 fully saturated rings. The number of carbonyl (C=O) groups is 1. The van der Waals surface area contributed by atoms with E-state index in [-0.39, 0.29) is 0 Å². The monoisotopic (exact) mass is 294 g/mol. The minimum absolute atomic E-state index is 0.344. The Morgan fingerprint density at radius 3 is 2.73 bits per heavy atom. The Bertz CT molecular complexity index is 667. The molecule has 1 heterocycles. The zero-order valence-corrected chi connectivity index (χ0v) is 13.2. The fourth-order valence-electron chi connectivity index (χ4n) is 3.33. The topological polar surface area (TPSA) is 32.3 Å².